The summed E-state index contributed by atoms with van der Waals surface area (Å²) in [6, 6.07) is 142. The number of benzene rings is 17. The lowest BCUT2D eigenvalue weighted by molar-refractivity contribution is 0.436. The van der Waals surface area contributed by atoms with E-state index >= 15 is 0 Å². The van der Waals surface area contributed by atoms with E-state index in [4.69, 9.17) is 49.3 Å². The Balaban J connectivity index is 0.518. The Morgan fingerprint density at radius 1 is 0.156 bits per heavy atom. The third-order valence-electron chi connectivity index (χ3n) is 25.3. The van der Waals surface area contributed by atoms with Gasteiger partial charge < -0.3 is 9.47 Å². The van der Waals surface area contributed by atoms with Crippen LogP contribution >= 0.6 is 0 Å². The molecule has 17 aromatic carbocycles. The third-order valence-corrected chi connectivity index (χ3v) is 25.3. The maximum atomic E-state index is 6.70. The summed E-state index contributed by atoms with van der Waals surface area (Å²) in [6.07, 6.45) is 0. The van der Waals surface area contributed by atoms with E-state index in [1.165, 1.54) is 44.5 Å². The number of aromatic nitrogens is 8. The van der Waals surface area contributed by atoms with Crippen molar-refractivity contribution in [3.05, 3.63) is 445 Å². The van der Waals surface area contributed by atoms with Gasteiger partial charge in [0.2, 0.25) is 0 Å². The molecule has 4 aromatic heterocycles. The second-order valence-corrected chi connectivity index (χ2v) is 31.9. The van der Waals surface area contributed by atoms with Crippen molar-refractivity contribution in [2.45, 2.75) is 10.8 Å². The Kier molecular flexibility index (Phi) is 15.3. The Bertz CT molecular complexity index is 7380. The lowest BCUT2D eigenvalue weighted by atomic mass is 9.66. The molecule has 21 aromatic rings. The summed E-state index contributed by atoms with van der Waals surface area (Å²) in [5, 5.41) is 6.61. The molecule has 0 fully saturated rings. The van der Waals surface area contributed by atoms with Gasteiger partial charge in [0.1, 0.15) is 23.0 Å². The Morgan fingerprint density at radius 3 is 0.779 bits per heavy atom. The van der Waals surface area contributed by atoms with E-state index in [9.17, 15) is 0 Å². The number of pyridine rings is 2. The zero-order valence-corrected chi connectivity index (χ0v) is 65.5. The van der Waals surface area contributed by atoms with Crippen molar-refractivity contribution in [2.24, 2.45) is 0 Å². The molecular formula is C112H66N8O2. The average Bonchev–Trinajstić information content (AvgIpc) is 1.52. The highest BCUT2D eigenvalue weighted by Crippen LogP contribution is 2.65. The second kappa shape index (κ2) is 27.1. The van der Waals surface area contributed by atoms with Gasteiger partial charge in [-0.15, -0.1) is 0 Å². The molecule has 122 heavy (non-hydrogen) atoms. The lowest BCUT2D eigenvalue weighted by Gasteiger charge is -2.39. The minimum absolute atomic E-state index is 0.568. The van der Waals surface area contributed by atoms with Gasteiger partial charge in [0.25, 0.3) is 0 Å². The molecule has 25 rings (SSSR count). The van der Waals surface area contributed by atoms with E-state index in [2.05, 4.69) is 340 Å². The van der Waals surface area contributed by atoms with Crippen molar-refractivity contribution in [3.63, 3.8) is 0 Å². The molecule has 0 bridgehead atoms. The van der Waals surface area contributed by atoms with Gasteiger partial charge in [0.05, 0.1) is 33.3 Å². The number of ether oxygens (including phenoxy) is 2. The van der Waals surface area contributed by atoms with Crippen LogP contribution in [-0.4, -0.2) is 39.9 Å². The van der Waals surface area contributed by atoms with Crippen molar-refractivity contribution in [2.75, 3.05) is 0 Å². The van der Waals surface area contributed by atoms with Gasteiger partial charge in [0, 0.05) is 88.3 Å². The van der Waals surface area contributed by atoms with Gasteiger partial charge in [-0.2, -0.15) is 0 Å². The molecule has 0 N–H and O–H groups in total. The number of rotatable bonds is 10. The van der Waals surface area contributed by atoms with Crippen LogP contribution in [-0.2, 0) is 10.8 Å². The van der Waals surface area contributed by atoms with Crippen LogP contribution in [0.25, 0.3) is 179 Å². The van der Waals surface area contributed by atoms with Crippen LogP contribution in [0.4, 0.5) is 0 Å². The number of nitrogens with zero attached hydrogens (tertiary/aromatic N) is 8. The standard InChI is InChI=1S/C112H66N8O2/c1-3-24-71(25-4-1)105-115-107(119-109(117-105)75-58-50-69(51-59-75)103-87-63-85-79-30-7-11-34-89(79)111(95(85)65-83(87)81-32-9-17-40-97(81)113-103)91-36-13-19-42-99(91)121-100-43-20-14-37-92(100)111)73-54-46-67(47-55-73)77-28-23-29-78(62-77)68-48-56-74(57-49-68)108-116-106(72-26-5-2-6-27-72)118-110(120-108)76-60-52-70(53-61-76)104-88-64-86-80-31-8-12-35-90(80)112(96(86)66-84(88)82-33-10-18-41-98(82)114-104)93-38-15-21-44-101(93)122-102-45-22-16-39-94(102)112/h1-66H. The number of para-hydroxylation sites is 6. The summed E-state index contributed by atoms with van der Waals surface area (Å²) in [5.74, 6) is 6.92. The predicted octanol–water partition coefficient (Wildman–Crippen LogP) is 27.1. The number of fused-ring (bicyclic) bond motifs is 24. The SMILES string of the molecule is c1ccc(-c2nc(-c3ccc(-c4cccc(-c5ccc(-c6nc(-c7ccccc7)nc(-c7ccc(-c8nc9ccccc9c9cc%10c(cc89)-c8ccccc8C%108c9ccccc9Oc9ccccc98)cc7)n6)cc5)c4)cc3)nc(-c3ccc(-c4nc5ccccc5c5cc6c(cc45)-c4ccccc4C64c5ccccc5Oc5ccccc54)cc3)n2)cc1. The van der Waals surface area contributed by atoms with Crippen LogP contribution in [0, 0.1) is 0 Å². The summed E-state index contributed by atoms with van der Waals surface area (Å²) in [4.78, 5) is 42.2. The largest absolute Gasteiger partial charge is 0.457 e. The van der Waals surface area contributed by atoms with Gasteiger partial charge in [-0.05, 0) is 144 Å². The fraction of sp³-hybridized carbons (Fsp3) is 0.0179. The van der Waals surface area contributed by atoms with Crippen molar-refractivity contribution < 1.29 is 9.47 Å². The molecular weight excluding hydrogens is 1490 g/mol. The predicted molar refractivity (Wildman–Crippen MR) is 488 cm³/mol. The molecule has 0 atom stereocenters. The smallest absolute Gasteiger partial charge is 0.164 e. The minimum atomic E-state index is -0.608. The van der Waals surface area contributed by atoms with Gasteiger partial charge in [-0.1, -0.05) is 334 Å². The van der Waals surface area contributed by atoms with Crippen LogP contribution in [0.3, 0.4) is 0 Å². The summed E-state index contributed by atoms with van der Waals surface area (Å²) in [7, 11) is 0. The zero-order chi connectivity index (χ0) is 80.1. The van der Waals surface area contributed by atoms with E-state index < -0.39 is 10.8 Å². The molecule has 6 heterocycles. The molecule has 0 saturated heterocycles. The van der Waals surface area contributed by atoms with Crippen molar-refractivity contribution in [1.29, 1.82) is 0 Å². The summed E-state index contributed by atoms with van der Waals surface area (Å²) in [6.45, 7) is 0. The van der Waals surface area contributed by atoms with Crippen molar-refractivity contribution in [1.82, 2.24) is 39.9 Å². The minimum Gasteiger partial charge on any atom is -0.457 e. The summed E-state index contributed by atoms with van der Waals surface area (Å²) in [5.41, 5.74) is 28.1. The van der Waals surface area contributed by atoms with Crippen LogP contribution < -0.4 is 9.47 Å². The van der Waals surface area contributed by atoms with Crippen LogP contribution in [0.1, 0.15) is 44.5 Å². The molecule has 10 nitrogen and oxygen atoms in total. The first-order valence-corrected chi connectivity index (χ1v) is 41.3. The average molecular weight is 1560 g/mol. The Hall–Kier alpha value is -16.3. The van der Waals surface area contributed by atoms with Crippen molar-refractivity contribution in [3.8, 4) is 158 Å². The first-order chi connectivity index (χ1) is 60.4. The lowest BCUT2D eigenvalue weighted by Crippen LogP contribution is -2.32. The second-order valence-electron chi connectivity index (χ2n) is 31.9. The molecule has 0 unspecified atom stereocenters. The van der Waals surface area contributed by atoms with E-state index in [0.29, 0.717) is 34.9 Å². The van der Waals surface area contributed by atoms with Gasteiger partial charge >= 0.3 is 0 Å². The maximum Gasteiger partial charge on any atom is 0.164 e. The summed E-state index contributed by atoms with van der Waals surface area (Å²) < 4.78 is 13.4. The Labute approximate surface area is 702 Å². The highest BCUT2D eigenvalue weighted by atomic mass is 16.5. The fourth-order valence-electron chi connectivity index (χ4n) is 19.8. The van der Waals surface area contributed by atoms with Gasteiger partial charge in [0.15, 0.2) is 34.9 Å². The first-order valence-electron chi connectivity index (χ1n) is 41.3. The maximum absolute atomic E-state index is 6.70. The highest BCUT2D eigenvalue weighted by molar-refractivity contribution is 6.15. The zero-order valence-electron chi connectivity index (χ0n) is 65.5. The van der Waals surface area contributed by atoms with Gasteiger partial charge in [-0.25, -0.2) is 39.9 Å². The molecule has 4 aliphatic rings. The van der Waals surface area contributed by atoms with E-state index in [1.54, 1.807) is 0 Å². The van der Waals surface area contributed by atoms with E-state index in [0.717, 1.165) is 167 Å². The van der Waals surface area contributed by atoms with Gasteiger partial charge in [-0.3, -0.25) is 0 Å². The fourth-order valence-corrected chi connectivity index (χ4v) is 19.8. The van der Waals surface area contributed by atoms with E-state index in [1.807, 2.05) is 60.7 Å². The molecule has 0 amide bonds. The number of hydrogen-bond donors (Lipinski definition) is 0. The first kappa shape index (κ1) is 68.9. The van der Waals surface area contributed by atoms with Crippen LogP contribution in [0.5, 0.6) is 23.0 Å². The molecule has 2 aliphatic carbocycles. The molecule has 2 aliphatic heterocycles. The molecule has 2 spiro atoms. The monoisotopic (exact) mass is 1550 g/mol. The summed E-state index contributed by atoms with van der Waals surface area (Å²) >= 11 is 0. The van der Waals surface area contributed by atoms with Crippen LogP contribution in [0.15, 0.2) is 400 Å². The van der Waals surface area contributed by atoms with Crippen molar-refractivity contribution >= 4 is 43.4 Å². The quantitative estimate of drug-likeness (QED) is 0.122. The topological polar surface area (TPSA) is 122 Å². The highest BCUT2D eigenvalue weighted by Gasteiger charge is 2.53. The third kappa shape index (κ3) is 10.6. The Morgan fingerprint density at radius 2 is 0.426 bits per heavy atom. The van der Waals surface area contributed by atoms with E-state index in [-0.39, 0.29) is 0 Å². The normalized spacial score (nSPS) is 13.2. The number of hydrogen-bond acceptors (Lipinski definition) is 10. The molecule has 10 heteroatoms. The molecule has 0 saturated carbocycles. The molecule has 566 valence electrons. The van der Waals surface area contributed by atoms with Crippen LogP contribution in [0.2, 0.25) is 0 Å². The molecule has 0 radical (unpaired) electrons.